The first kappa shape index (κ1) is 10.4. The lowest BCUT2D eigenvalue weighted by atomic mass is 10.2. The predicted octanol–water partition coefficient (Wildman–Crippen LogP) is 0.685. The Bertz CT molecular complexity index is 335. The van der Waals surface area contributed by atoms with Crippen LogP contribution in [-0.2, 0) is 11.3 Å². The van der Waals surface area contributed by atoms with Gasteiger partial charge in [-0.15, -0.1) is 0 Å². The van der Waals surface area contributed by atoms with Gasteiger partial charge in [-0.3, -0.25) is 0 Å². The molecule has 1 aromatic heterocycles. The molecule has 2 rings (SSSR count). The number of aromatic nitrogens is 1. The minimum atomic E-state index is 0.570. The topological polar surface area (TPSA) is 51.4 Å². The maximum atomic E-state index is 5.65. The monoisotopic (exact) mass is 207 g/mol. The number of aryl methyl sites for hydroxylation is 1. The number of anilines is 1. The number of rotatable bonds is 2. The highest BCUT2D eigenvalue weighted by atomic mass is 16.5. The normalized spacial score (nSPS) is 16.8. The lowest BCUT2D eigenvalue weighted by Crippen LogP contribution is -2.36. The molecule has 1 fully saturated rings. The van der Waals surface area contributed by atoms with E-state index < -0.39 is 0 Å². The van der Waals surface area contributed by atoms with Crippen molar-refractivity contribution in [3.05, 3.63) is 23.4 Å². The van der Waals surface area contributed by atoms with Crippen molar-refractivity contribution < 1.29 is 4.74 Å². The fourth-order valence-electron chi connectivity index (χ4n) is 1.79. The number of nitrogens with zero attached hydrogens (tertiary/aromatic N) is 2. The van der Waals surface area contributed by atoms with Crippen LogP contribution in [0.4, 0.5) is 5.82 Å². The molecule has 0 aliphatic carbocycles. The van der Waals surface area contributed by atoms with Crippen LogP contribution in [0.1, 0.15) is 11.3 Å². The largest absolute Gasteiger partial charge is 0.378 e. The van der Waals surface area contributed by atoms with Crippen molar-refractivity contribution in [1.29, 1.82) is 0 Å². The predicted molar refractivity (Wildman–Crippen MR) is 59.9 cm³/mol. The molecule has 1 aliphatic rings. The number of hydrogen-bond acceptors (Lipinski definition) is 4. The molecule has 2 N–H and O–H groups in total. The van der Waals surface area contributed by atoms with Crippen molar-refractivity contribution in [2.45, 2.75) is 13.5 Å². The summed E-state index contributed by atoms with van der Waals surface area (Å²) in [4.78, 5) is 6.77. The zero-order chi connectivity index (χ0) is 10.7. The van der Waals surface area contributed by atoms with Crippen molar-refractivity contribution >= 4 is 5.82 Å². The molecular formula is C11H17N3O. The van der Waals surface area contributed by atoms with E-state index in [1.165, 1.54) is 0 Å². The number of pyridine rings is 1. The van der Waals surface area contributed by atoms with Crippen molar-refractivity contribution in [2.75, 3.05) is 31.2 Å². The smallest absolute Gasteiger partial charge is 0.129 e. The number of hydrogen-bond donors (Lipinski definition) is 1. The highest BCUT2D eigenvalue weighted by molar-refractivity contribution is 5.42. The maximum absolute atomic E-state index is 5.65. The van der Waals surface area contributed by atoms with Gasteiger partial charge < -0.3 is 15.4 Å². The molecule has 0 saturated carbocycles. The summed E-state index contributed by atoms with van der Waals surface area (Å²) in [6.45, 7) is 5.98. The summed E-state index contributed by atoms with van der Waals surface area (Å²) in [5.41, 5.74) is 7.82. The van der Waals surface area contributed by atoms with E-state index in [1.54, 1.807) is 0 Å². The standard InChI is InChI=1S/C11H17N3O/c1-9-6-10(8-12)7-11(13-9)14-2-4-15-5-3-14/h6-7H,2-5,8,12H2,1H3. The zero-order valence-electron chi connectivity index (χ0n) is 9.07. The molecule has 0 atom stereocenters. The van der Waals surface area contributed by atoms with Gasteiger partial charge in [-0.1, -0.05) is 0 Å². The summed E-state index contributed by atoms with van der Waals surface area (Å²) in [5, 5.41) is 0. The molecule has 4 heteroatoms. The van der Waals surface area contributed by atoms with E-state index in [0.29, 0.717) is 6.54 Å². The van der Waals surface area contributed by atoms with Crippen LogP contribution >= 0.6 is 0 Å². The van der Waals surface area contributed by atoms with Gasteiger partial charge in [0.2, 0.25) is 0 Å². The van der Waals surface area contributed by atoms with Gasteiger partial charge in [0.25, 0.3) is 0 Å². The van der Waals surface area contributed by atoms with Gasteiger partial charge in [-0.25, -0.2) is 4.98 Å². The summed E-state index contributed by atoms with van der Waals surface area (Å²) in [6.07, 6.45) is 0. The van der Waals surface area contributed by atoms with Gasteiger partial charge >= 0.3 is 0 Å². The van der Waals surface area contributed by atoms with E-state index in [9.17, 15) is 0 Å². The molecule has 2 heterocycles. The first-order valence-corrected chi connectivity index (χ1v) is 5.30. The quantitative estimate of drug-likeness (QED) is 0.775. The fourth-order valence-corrected chi connectivity index (χ4v) is 1.79. The van der Waals surface area contributed by atoms with Crippen LogP contribution < -0.4 is 10.6 Å². The first-order valence-electron chi connectivity index (χ1n) is 5.30. The van der Waals surface area contributed by atoms with Crippen LogP contribution in [0.25, 0.3) is 0 Å². The average molecular weight is 207 g/mol. The number of morpholine rings is 1. The molecule has 0 unspecified atom stereocenters. The van der Waals surface area contributed by atoms with Crippen LogP contribution in [0.5, 0.6) is 0 Å². The molecule has 82 valence electrons. The molecule has 1 saturated heterocycles. The third-order valence-electron chi connectivity index (χ3n) is 2.57. The number of ether oxygens (including phenoxy) is 1. The molecule has 0 bridgehead atoms. The lowest BCUT2D eigenvalue weighted by Gasteiger charge is -2.28. The van der Waals surface area contributed by atoms with Crippen LogP contribution in [0.2, 0.25) is 0 Å². The summed E-state index contributed by atoms with van der Waals surface area (Å²) in [7, 11) is 0. The number of nitrogens with two attached hydrogens (primary N) is 1. The molecule has 0 amide bonds. The second-order valence-corrected chi connectivity index (χ2v) is 3.78. The van der Waals surface area contributed by atoms with Crippen molar-refractivity contribution in [1.82, 2.24) is 4.98 Å². The van der Waals surface area contributed by atoms with E-state index in [4.69, 9.17) is 10.5 Å². The molecule has 1 aliphatic heterocycles. The third-order valence-corrected chi connectivity index (χ3v) is 2.57. The van der Waals surface area contributed by atoms with Crippen LogP contribution in [0, 0.1) is 6.92 Å². The Balaban J connectivity index is 2.22. The van der Waals surface area contributed by atoms with Gasteiger partial charge in [0.1, 0.15) is 5.82 Å². The van der Waals surface area contributed by atoms with Crippen molar-refractivity contribution in [3.63, 3.8) is 0 Å². The van der Waals surface area contributed by atoms with E-state index in [0.717, 1.165) is 43.4 Å². The molecule has 1 aromatic rings. The average Bonchev–Trinajstić information content (AvgIpc) is 2.29. The zero-order valence-corrected chi connectivity index (χ0v) is 9.07. The Morgan fingerprint density at radius 1 is 1.40 bits per heavy atom. The highest BCUT2D eigenvalue weighted by Gasteiger charge is 2.12. The van der Waals surface area contributed by atoms with Gasteiger partial charge in [0.05, 0.1) is 13.2 Å². The second-order valence-electron chi connectivity index (χ2n) is 3.78. The molecule has 15 heavy (non-hydrogen) atoms. The van der Waals surface area contributed by atoms with E-state index in [1.807, 2.05) is 13.0 Å². The van der Waals surface area contributed by atoms with E-state index >= 15 is 0 Å². The Hall–Kier alpha value is -1.13. The minimum absolute atomic E-state index is 0.570. The Morgan fingerprint density at radius 3 is 2.80 bits per heavy atom. The van der Waals surface area contributed by atoms with E-state index in [2.05, 4.69) is 16.0 Å². The molecule has 0 spiro atoms. The summed E-state index contributed by atoms with van der Waals surface area (Å²) >= 11 is 0. The summed E-state index contributed by atoms with van der Waals surface area (Å²) in [5.74, 6) is 1.03. The summed E-state index contributed by atoms with van der Waals surface area (Å²) < 4.78 is 5.31. The van der Waals surface area contributed by atoms with Gasteiger partial charge in [-0.05, 0) is 24.6 Å². The van der Waals surface area contributed by atoms with Crippen LogP contribution in [-0.4, -0.2) is 31.3 Å². The Labute approximate surface area is 90.0 Å². The second kappa shape index (κ2) is 4.59. The summed E-state index contributed by atoms with van der Waals surface area (Å²) in [6, 6.07) is 4.10. The fraction of sp³-hybridized carbons (Fsp3) is 0.545. The Kier molecular flexibility index (Phi) is 3.18. The maximum Gasteiger partial charge on any atom is 0.129 e. The molecule has 0 aromatic carbocycles. The van der Waals surface area contributed by atoms with Gasteiger partial charge in [0.15, 0.2) is 0 Å². The molecule has 0 radical (unpaired) electrons. The van der Waals surface area contributed by atoms with Gasteiger partial charge in [-0.2, -0.15) is 0 Å². The first-order chi connectivity index (χ1) is 7.29. The van der Waals surface area contributed by atoms with Crippen LogP contribution in [0.3, 0.4) is 0 Å². The molecule has 4 nitrogen and oxygen atoms in total. The SMILES string of the molecule is Cc1cc(CN)cc(N2CCOCC2)n1. The van der Waals surface area contributed by atoms with Crippen molar-refractivity contribution in [3.8, 4) is 0 Å². The van der Waals surface area contributed by atoms with Crippen molar-refractivity contribution in [2.24, 2.45) is 5.73 Å². The Morgan fingerprint density at radius 2 is 2.13 bits per heavy atom. The van der Waals surface area contributed by atoms with Crippen LogP contribution in [0.15, 0.2) is 12.1 Å². The minimum Gasteiger partial charge on any atom is -0.378 e. The molecular weight excluding hydrogens is 190 g/mol. The third kappa shape index (κ3) is 2.46. The highest BCUT2D eigenvalue weighted by Crippen LogP contribution is 2.15. The van der Waals surface area contributed by atoms with Gasteiger partial charge in [0, 0.05) is 25.3 Å². The van der Waals surface area contributed by atoms with E-state index in [-0.39, 0.29) is 0 Å². The lowest BCUT2D eigenvalue weighted by molar-refractivity contribution is 0.122.